The van der Waals surface area contributed by atoms with E-state index >= 15 is 0 Å². The van der Waals surface area contributed by atoms with Gasteiger partial charge in [0.25, 0.3) is 0 Å². The van der Waals surface area contributed by atoms with Gasteiger partial charge in [0.1, 0.15) is 0 Å². The first-order chi connectivity index (χ1) is 11.8. The lowest BCUT2D eigenvalue weighted by molar-refractivity contribution is 0.282. The molecule has 0 saturated heterocycles. The molecule has 0 aromatic carbocycles. The molecule has 2 N–H and O–H groups in total. The Labute approximate surface area is 152 Å². The van der Waals surface area contributed by atoms with Crippen LogP contribution in [0.4, 0.5) is 0 Å². The zero-order chi connectivity index (χ0) is 18.1. The first-order valence-electron chi connectivity index (χ1n) is 10.7. The second kappa shape index (κ2) is 27.5. The van der Waals surface area contributed by atoms with Gasteiger partial charge in [0.2, 0.25) is 0 Å². The Bertz CT molecular complexity index is 194. The normalized spacial score (nSPS) is 10.3. The molecule has 0 radical (unpaired) electrons. The summed E-state index contributed by atoms with van der Waals surface area (Å²) in [6, 6.07) is 0. The highest BCUT2D eigenvalue weighted by Crippen LogP contribution is 2.09. The average Bonchev–Trinajstić information content (AvgIpc) is 2.60. The fourth-order valence-corrected chi connectivity index (χ4v) is 2.71. The fourth-order valence-electron chi connectivity index (χ4n) is 2.71. The lowest BCUT2D eigenvalue weighted by atomic mass is 10.1. The van der Waals surface area contributed by atoms with Crippen molar-refractivity contribution in [1.82, 2.24) is 0 Å². The van der Waals surface area contributed by atoms with Crippen molar-refractivity contribution in [2.45, 2.75) is 116 Å². The van der Waals surface area contributed by atoms with Crippen LogP contribution in [-0.2, 0) is 0 Å². The fraction of sp³-hybridized carbons (Fsp3) is 0.909. The Morgan fingerprint density at radius 1 is 0.542 bits per heavy atom. The predicted octanol–water partition coefficient (Wildman–Crippen LogP) is 6.80. The van der Waals surface area contributed by atoms with Crippen molar-refractivity contribution in [3.05, 3.63) is 12.7 Å². The summed E-state index contributed by atoms with van der Waals surface area (Å²) >= 11 is 0. The van der Waals surface area contributed by atoms with E-state index in [1.165, 1.54) is 89.9 Å². The summed E-state index contributed by atoms with van der Waals surface area (Å²) < 4.78 is 0. The number of rotatable bonds is 18. The van der Waals surface area contributed by atoms with Crippen molar-refractivity contribution < 1.29 is 10.2 Å². The molecule has 0 aliphatic heterocycles. The molecule has 2 heteroatoms. The molecule has 0 fully saturated rings. The highest BCUT2D eigenvalue weighted by atomic mass is 16.3. The summed E-state index contributed by atoms with van der Waals surface area (Å²) in [6.07, 6.45) is 23.8. The summed E-state index contributed by atoms with van der Waals surface area (Å²) in [7, 11) is 0. The van der Waals surface area contributed by atoms with Crippen LogP contribution < -0.4 is 0 Å². The first-order valence-corrected chi connectivity index (χ1v) is 10.7. The van der Waals surface area contributed by atoms with Crippen LogP contribution in [0.2, 0.25) is 0 Å². The van der Waals surface area contributed by atoms with Crippen molar-refractivity contribution in [2.75, 3.05) is 13.2 Å². The molecule has 0 amide bonds. The quantitative estimate of drug-likeness (QED) is 0.212. The third-order valence-electron chi connectivity index (χ3n) is 4.33. The minimum absolute atomic E-state index is 0.358. The number of unbranched alkanes of at least 4 members (excludes halogenated alkanes) is 15. The molecule has 146 valence electrons. The lowest BCUT2D eigenvalue weighted by Gasteiger charge is -1.99. The molecular formula is C22H46O2. The number of allylic oxidation sites excluding steroid dienone is 1. The molecular weight excluding hydrogens is 296 g/mol. The molecule has 0 aromatic heterocycles. The molecule has 2 nitrogen and oxygen atoms in total. The molecule has 0 aliphatic carbocycles. The number of aliphatic hydroxyl groups is 2. The Morgan fingerprint density at radius 2 is 0.875 bits per heavy atom. The summed E-state index contributed by atoms with van der Waals surface area (Å²) in [5.74, 6) is 0. The van der Waals surface area contributed by atoms with Gasteiger partial charge < -0.3 is 10.2 Å². The van der Waals surface area contributed by atoms with E-state index in [2.05, 4.69) is 13.5 Å². The maximum atomic E-state index is 8.54. The summed E-state index contributed by atoms with van der Waals surface area (Å²) in [6.45, 7) is 6.67. The van der Waals surface area contributed by atoms with E-state index in [1.54, 1.807) is 0 Å². The zero-order valence-electron chi connectivity index (χ0n) is 16.6. The molecule has 0 heterocycles. The second-order valence-electron chi connectivity index (χ2n) is 6.83. The van der Waals surface area contributed by atoms with Gasteiger partial charge in [-0.25, -0.2) is 0 Å². The van der Waals surface area contributed by atoms with Crippen LogP contribution in [0.5, 0.6) is 0 Å². The third-order valence-corrected chi connectivity index (χ3v) is 4.33. The number of hydrogen-bond acceptors (Lipinski definition) is 2. The van der Waals surface area contributed by atoms with Crippen LogP contribution in [0.3, 0.4) is 0 Å². The van der Waals surface area contributed by atoms with E-state index in [0.29, 0.717) is 13.2 Å². The second-order valence-corrected chi connectivity index (χ2v) is 6.83. The minimum Gasteiger partial charge on any atom is -0.396 e. The first kappa shape index (κ1) is 25.9. The van der Waals surface area contributed by atoms with Gasteiger partial charge in [0, 0.05) is 13.2 Å². The number of hydrogen-bond donors (Lipinski definition) is 2. The standard InChI is InChI=1S/C11H24O.C11H22O/c2*1-2-3-4-5-6-7-8-9-10-11-12/h12H,2-11H2,1H3;2,12H,1,3-11H2. The van der Waals surface area contributed by atoms with Gasteiger partial charge in [0.05, 0.1) is 0 Å². The van der Waals surface area contributed by atoms with E-state index in [4.69, 9.17) is 10.2 Å². The largest absolute Gasteiger partial charge is 0.396 e. The highest BCUT2D eigenvalue weighted by molar-refractivity contribution is 4.65. The Kier molecular flexibility index (Phi) is 29.7. The van der Waals surface area contributed by atoms with Crippen LogP contribution >= 0.6 is 0 Å². The van der Waals surface area contributed by atoms with E-state index in [1.807, 2.05) is 6.08 Å². The van der Waals surface area contributed by atoms with Gasteiger partial charge >= 0.3 is 0 Å². The Morgan fingerprint density at radius 3 is 1.21 bits per heavy atom. The Balaban J connectivity index is 0. The summed E-state index contributed by atoms with van der Waals surface area (Å²) in [5, 5.41) is 17.1. The van der Waals surface area contributed by atoms with E-state index < -0.39 is 0 Å². The smallest absolute Gasteiger partial charge is 0.0431 e. The van der Waals surface area contributed by atoms with Crippen LogP contribution in [0.1, 0.15) is 116 Å². The zero-order valence-corrected chi connectivity index (χ0v) is 16.6. The summed E-state index contributed by atoms with van der Waals surface area (Å²) in [5.41, 5.74) is 0. The molecule has 0 atom stereocenters. The van der Waals surface area contributed by atoms with Crippen molar-refractivity contribution in [2.24, 2.45) is 0 Å². The maximum absolute atomic E-state index is 8.54. The molecule has 24 heavy (non-hydrogen) atoms. The average molecular weight is 343 g/mol. The van der Waals surface area contributed by atoms with Crippen molar-refractivity contribution in [1.29, 1.82) is 0 Å². The van der Waals surface area contributed by atoms with Gasteiger partial charge in [-0.05, 0) is 25.7 Å². The SMILES string of the molecule is C=CCCCCCCCCCO.CCCCCCCCCCCO. The molecule has 0 aliphatic rings. The molecule has 0 bridgehead atoms. The van der Waals surface area contributed by atoms with Crippen molar-refractivity contribution in [3.8, 4) is 0 Å². The molecule has 0 aromatic rings. The van der Waals surface area contributed by atoms with Gasteiger partial charge in [-0.1, -0.05) is 96.5 Å². The van der Waals surface area contributed by atoms with Crippen LogP contribution in [-0.4, -0.2) is 23.4 Å². The van der Waals surface area contributed by atoms with Crippen molar-refractivity contribution in [3.63, 3.8) is 0 Å². The van der Waals surface area contributed by atoms with Gasteiger partial charge in [0.15, 0.2) is 0 Å². The molecule has 0 saturated carbocycles. The number of aliphatic hydroxyl groups excluding tert-OH is 2. The molecule has 0 unspecified atom stereocenters. The highest BCUT2D eigenvalue weighted by Gasteiger charge is 1.91. The van der Waals surface area contributed by atoms with Gasteiger partial charge in [-0.15, -0.1) is 6.58 Å². The van der Waals surface area contributed by atoms with E-state index in [9.17, 15) is 0 Å². The van der Waals surface area contributed by atoms with Crippen LogP contribution in [0.25, 0.3) is 0 Å². The van der Waals surface area contributed by atoms with E-state index in [0.717, 1.165) is 19.3 Å². The molecule has 0 spiro atoms. The molecule has 0 rings (SSSR count). The predicted molar refractivity (Wildman–Crippen MR) is 109 cm³/mol. The van der Waals surface area contributed by atoms with Gasteiger partial charge in [-0.2, -0.15) is 0 Å². The lowest BCUT2D eigenvalue weighted by Crippen LogP contribution is -1.84. The van der Waals surface area contributed by atoms with Gasteiger partial charge in [-0.3, -0.25) is 0 Å². The minimum atomic E-state index is 0.358. The summed E-state index contributed by atoms with van der Waals surface area (Å²) in [4.78, 5) is 0. The third kappa shape index (κ3) is 29.6. The maximum Gasteiger partial charge on any atom is 0.0431 e. The van der Waals surface area contributed by atoms with E-state index in [-0.39, 0.29) is 0 Å². The van der Waals surface area contributed by atoms with Crippen LogP contribution in [0, 0.1) is 0 Å². The Hall–Kier alpha value is -0.340. The van der Waals surface area contributed by atoms with Crippen LogP contribution in [0.15, 0.2) is 12.7 Å². The van der Waals surface area contributed by atoms with Crippen molar-refractivity contribution >= 4 is 0 Å². The monoisotopic (exact) mass is 342 g/mol. The topological polar surface area (TPSA) is 40.5 Å².